The molecular formula is C26H29F2N7S. The maximum Gasteiger partial charge on any atom is 0.229 e. The molecule has 1 N–H and O–H groups in total. The lowest BCUT2D eigenvalue weighted by Crippen LogP contribution is -2.32. The van der Waals surface area contributed by atoms with Crippen molar-refractivity contribution in [2.75, 3.05) is 30.4 Å². The Labute approximate surface area is 213 Å². The molecule has 36 heavy (non-hydrogen) atoms. The predicted octanol–water partition coefficient (Wildman–Crippen LogP) is 5.52. The zero-order valence-electron chi connectivity index (χ0n) is 20.8. The Bertz CT molecular complexity index is 1420. The molecule has 0 unspecified atom stereocenters. The summed E-state index contributed by atoms with van der Waals surface area (Å²) in [6, 6.07) is 7.03. The van der Waals surface area contributed by atoms with Crippen molar-refractivity contribution >= 4 is 34.6 Å². The first-order valence-corrected chi connectivity index (χ1v) is 13.4. The molecule has 0 saturated carbocycles. The van der Waals surface area contributed by atoms with Gasteiger partial charge in [-0.25, -0.2) is 28.7 Å². The van der Waals surface area contributed by atoms with Crippen LogP contribution in [0.5, 0.6) is 0 Å². The minimum absolute atomic E-state index is 0.0184. The summed E-state index contributed by atoms with van der Waals surface area (Å²) in [7, 11) is 0. The summed E-state index contributed by atoms with van der Waals surface area (Å²) in [5, 5.41) is 3.09. The number of anilines is 2. The normalized spacial score (nSPS) is 14.0. The lowest BCUT2D eigenvalue weighted by Gasteiger charge is -2.28. The highest BCUT2D eigenvalue weighted by molar-refractivity contribution is 7.98. The van der Waals surface area contributed by atoms with Gasteiger partial charge >= 0.3 is 0 Å². The van der Waals surface area contributed by atoms with Crippen molar-refractivity contribution in [3.63, 3.8) is 0 Å². The van der Waals surface area contributed by atoms with Crippen molar-refractivity contribution in [1.82, 2.24) is 29.4 Å². The van der Waals surface area contributed by atoms with E-state index >= 15 is 0 Å². The number of aryl methyl sites for hydroxylation is 1. The average molecular weight is 510 g/mol. The van der Waals surface area contributed by atoms with E-state index in [1.807, 2.05) is 43.2 Å². The summed E-state index contributed by atoms with van der Waals surface area (Å²) in [6.45, 7) is 8.76. The molecule has 0 bridgehead atoms. The van der Waals surface area contributed by atoms with Gasteiger partial charge in [0, 0.05) is 49.1 Å². The number of pyridine rings is 1. The quantitative estimate of drug-likeness (QED) is 0.352. The summed E-state index contributed by atoms with van der Waals surface area (Å²) in [4.78, 5) is 20.0. The van der Waals surface area contributed by atoms with Crippen LogP contribution in [0.3, 0.4) is 0 Å². The number of imidazole rings is 1. The molecule has 0 fully saturated rings. The minimum Gasteiger partial charge on any atom is -0.326 e. The van der Waals surface area contributed by atoms with Gasteiger partial charge in [-0.05, 0) is 50.8 Å². The molecule has 0 amide bonds. The van der Waals surface area contributed by atoms with Crippen LogP contribution in [-0.2, 0) is 13.0 Å². The van der Waals surface area contributed by atoms with Gasteiger partial charge < -0.3 is 9.88 Å². The molecular weight excluding hydrogens is 480 g/mol. The number of nitrogens with one attached hydrogen (secondary N) is 1. The van der Waals surface area contributed by atoms with Gasteiger partial charge in [-0.3, -0.25) is 4.90 Å². The van der Waals surface area contributed by atoms with Gasteiger partial charge in [-0.15, -0.1) is 0 Å². The summed E-state index contributed by atoms with van der Waals surface area (Å²) >= 11 is 1.85. The molecule has 0 spiro atoms. The maximum absolute atomic E-state index is 15.0. The minimum atomic E-state index is -0.629. The molecule has 4 aromatic rings. The number of hydrogen-bond donors (Lipinski definition) is 1. The third-order valence-electron chi connectivity index (χ3n) is 6.44. The standard InChI is InChI=1S/C26H29F2N7S/c1-15(2)35-16(3)30-25-19(27)11-18(12-22(25)35)24-20(28)13-29-26(33-24)32-23-6-5-17-14-34(9-10-36-4)8-7-21(17)31-23/h5-6,11-13,15H,7-10,14H2,1-4H3,(H,29,31,32,33). The fraction of sp³-hybridized carbons (Fsp3) is 0.385. The van der Waals surface area contributed by atoms with E-state index in [2.05, 4.69) is 37.5 Å². The predicted molar refractivity (Wildman–Crippen MR) is 141 cm³/mol. The van der Waals surface area contributed by atoms with Gasteiger partial charge in [0.25, 0.3) is 0 Å². The van der Waals surface area contributed by atoms with Crippen molar-refractivity contribution in [2.45, 2.75) is 39.8 Å². The van der Waals surface area contributed by atoms with E-state index < -0.39 is 11.6 Å². The summed E-state index contributed by atoms with van der Waals surface area (Å²) in [5.41, 5.74) is 3.48. The van der Waals surface area contributed by atoms with Gasteiger partial charge in [0.1, 0.15) is 22.9 Å². The van der Waals surface area contributed by atoms with Crippen molar-refractivity contribution in [1.29, 1.82) is 0 Å². The molecule has 0 aliphatic carbocycles. The van der Waals surface area contributed by atoms with E-state index in [1.165, 1.54) is 11.6 Å². The van der Waals surface area contributed by atoms with Crippen LogP contribution in [0.2, 0.25) is 0 Å². The molecule has 7 nitrogen and oxygen atoms in total. The number of benzene rings is 1. The topological polar surface area (TPSA) is 71.8 Å². The van der Waals surface area contributed by atoms with Gasteiger partial charge in [0.2, 0.25) is 5.95 Å². The fourth-order valence-corrected chi connectivity index (χ4v) is 5.20. The van der Waals surface area contributed by atoms with E-state index in [9.17, 15) is 8.78 Å². The lowest BCUT2D eigenvalue weighted by atomic mass is 10.1. The van der Waals surface area contributed by atoms with Crippen LogP contribution in [0.15, 0.2) is 30.5 Å². The molecule has 4 heterocycles. The smallest absolute Gasteiger partial charge is 0.229 e. The Morgan fingerprint density at radius 2 is 1.94 bits per heavy atom. The van der Waals surface area contributed by atoms with Crippen LogP contribution in [0, 0.1) is 18.6 Å². The van der Waals surface area contributed by atoms with E-state index in [1.54, 1.807) is 6.07 Å². The second kappa shape index (κ2) is 10.1. The van der Waals surface area contributed by atoms with E-state index in [0.29, 0.717) is 22.7 Å². The second-order valence-corrected chi connectivity index (χ2v) is 10.3. The molecule has 0 atom stereocenters. The molecule has 5 rings (SSSR count). The third-order valence-corrected chi connectivity index (χ3v) is 7.03. The van der Waals surface area contributed by atoms with Gasteiger partial charge in [-0.2, -0.15) is 11.8 Å². The molecule has 0 saturated heterocycles. The SMILES string of the molecule is CSCCN1CCc2nc(Nc3ncc(F)c(-c4cc(F)c5nc(C)n(C(C)C)c5c4)n3)ccc2C1. The van der Waals surface area contributed by atoms with Crippen LogP contribution in [0.4, 0.5) is 20.5 Å². The monoisotopic (exact) mass is 509 g/mol. The fourth-order valence-electron chi connectivity index (χ4n) is 4.76. The maximum atomic E-state index is 15.0. The van der Waals surface area contributed by atoms with Gasteiger partial charge in [0.15, 0.2) is 11.6 Å². The van der Waals surface area contributed by atoms with E-state index in [-0.39, 0.29) is 23.2 Å². The van der Waals surface area contributed by atoms with Crippen LogP contribution < -0.4 is 5.32 Å². The Hall–Kier alpha value is -3.11. The number of rotatable bonds is 7. The molecule has 188 valence electrons. The first-order chi connectivity index (χ1) is 17.3. The van der Waals surface area contributed by atoms with Crippen molar-refractivity contribution in [3.05, 3.63) is 59.2 Å². The summed E-state index contributed by atoms with van der Waals surface area (Å²) in [5.74, 6) is 1.47. The summed E-state index contributed by atoms with van der Waals surface area (Å²) < 4.78 is 31.7. The lowest BCUT2D eigenvalue weighted by molar-refractivity contribution is 0.268. The van der Waals surface area contributed by atoms with Crippen LogP contribution in [-0.4, -0.2) is 54.5 Å². The number of thioether (sulfide) groups is 1. The van der Waals surface area contributed by atoms with Crippen LogP contribution in [0.25, 0.3) is 22.3 Å². The molecule has 1 aliphatic heterocycles. The molecule has 10 heteroatoms. The van der Waals surface area contributed by atoms with Crippen LogP contribution in [0.1, 0.15) is 37.0 Å². The Kier molecular flexibility index (Phi) is 6.90. The Morgan fingerprint density at radius 1 is 1.11 bits per heavy atom. The highest BCUT2D eigenvalue weighted by atomic mass is 32.2. The highest BCUT2D eigenvalue weighted by Crippen LogP contribution is 2.30. The molecule has 1 aliphatic rings. The van der Waals surface area contributed by atoms with Crippen molar-refractivity contribution in [2.24, 2.45) is 0 Å². The summed E-state index contributed by atoms with van der Waals surface area (Å²) in [6.07, 6.45) is 4.09. The number of hydrogen-bond acceptors (Lipinski definition) is 7. The number of halogens is 2. The first kappa shape index (κ1) is 24.6. The first-order valence-electron chi connectivity index (χ1n) is 12.0. The number of fused-ring (bicyclic) bond motifs is 2. The zero-order chi connectivity index (χ0) is 25.4. The Balaban J connectivity index is 1.43. The van der Waals surface area contributed by atoms with Crippen molar-refractivity contribution < 1.29 is 8.78 Å². The molecule has 0 radical (unpaired) electrons. The number of aromatic nitrogens is 5. The Morgan fingerprint density at radius 3 is 2.72 bits per heavy atom. The van der Waals surface area contributed by atoms with Crippen molar-refractivity contribution in [3.8, 4) is 11.3 Å². The largest absolute Gasteiger partial charge is 0.326 e. The highest BCUT2D eigenvalue weighted by Gasteiger charge is 2.20. The second-order valence-electron chi connectivity index (χ2n) is 9.28. The molecule has 1 aromatic carbocycles. The van der Waals surface area contributed by atoms with E-state index in [0.717, 1.165) is 43.7 Å². The van der Waals surface area contributed by atoms with E-state index in [4.69, 9.17) is 4.98 Å². The number of nitrogens with zero attached hydrogens (tertiary/aromatic N) is 6. The average Bonchev–Trinajstić information content (AvgIpc) is 3.20. The third kappa shape index (κ3) is 4.79. The van der Waals surface area contributed by atoms with Gasteiger partial charge in [-0.1, -0.05) is 6.07 Å². The van der Waals surface area contributed by atoms with Gasteiger partial charge in [0.05, 0.1) is 11.7 Å². The molecule has 3 aromatic heterocycles. The van der Waals surface area contributed by atoms with Crippen LogP contribution >= 0.6 is 11.8 Å². The zero-order valence-corrected chi connectivity index (χ0v) is 21.7.